The summed E-state index contributed by atoms with van der Waals surface area (Å²) in [7, 11) is 1.33. The molecule has 5 nitrogen and oxygen atoms in total. The Morgan fingerprint density at radius 2 is 1.94 bits per heavy atom. The van der Waals surface area contributed by atoms with Crippen LogP contribution in [0, 0.1) is 5.92 Å². The molecule has 0 radical (unpaired) electrons. The van der Waals surface area contributed by atoms with E-state index in [1.165, 1.54) is 0 Å². The fraction of sp³-hybridized carbons (Fsp3) is 1.00. The van der Waals surface area contributed by atoms with Gasteiger partial charge in [0.05, 0.1) is 21.1 Å². The molecule has 1 aliphatic carbocycles. The van der Waals surface area contributed by atoms with Crippen LogP contribution in [0.2, 0.25) is 0 Å². The highest BCUT2D eigenvalue weighted by atomic mass is 31.2. The zero-order valence-corrected chi connectivity index (χ0v) is 11.2. The summed E-state index contributed by atoms with van der Waals surface area (Å²) in [6.45, 7) is 0.595. The van der Waals surface area contributed by atoms with Gasteiger partial charge in [0.25, 0.3) is 7.82 Å². The molecule has 0 heterocycles. The Balaban J connectivity index is 2.64. The summed E-state index contributed by atoms with van der Waals surface area (Å²) < 4.78 is 16.3. The normalized spacial score (nSPS) is 24.3. The predicted molar refractivity (Wildman–Crippen MR) is 59.6 cm³/mol. The number of phosphoric ester groups is 1. The van der Waals surface area contributed by atoms with Gasteiger partial charge in [-0.1, -0.05) is 12.8 Å². The van der Waals surface area contributed by atoms with Gasteiger partial charge in [-0.25, -0.2) is 0 Å². The second kappa shape index (κ2) is 5.15. The first-order valence-corrected chi connectivity index (χ1v) is 7.19. The molecular formula is C10H22NO4P. The van der Waals surface area contributed by atoms with E-state index in [9.17, 15) is 9.46 Å². The van der Waals surface area contributed by atoms with Gasteiger partial charge in [-0.05, 0) is 18.8 Å². The molecular weight excluding hydrogens is 229 g/mol. The first kappa shape index (κ1) is 14.1. The lowest BCUT2D eigenvalue weighted by Crippen LogP contribution is -2.44. The highest BCUT2D eigenvalue weighted by Gasteiger charge is 2.32. The minimum atomic E-state index is -4.62. The molecule has 0 aromatic heterocycles. The van der Waals surface area contributed by atoms with Crippen LogP contribution in [0.1, 0.15) is 25.7 Å². The highest BCUT2D eigenvalue weighted by molar-refractivity contribution is 7.44. The Kier molecular flexibility index (Phi) is 4.55. The average Bonchev–Trinajstić information content (AvgIpc) is 2.47. The summed E-state index contributed by atoms with van der Waals surface area (Å²) in [4.78, 5) is 19.7. The first-order chi connectivity index (χ1) is 7.17. The molecule has 0 saturated heterocycles. The molecule has 1 saturated carbocycles. The van der Waals surface area contributed by atoms with Gasteiger partial charge in [-0.3, -0.25) is 4.57 Å². The van der Waals surface area contributed by atoms with Crippen molar-refractivity contribution in [3.8, 4) is 0 Å². The Bertz CT molecular complexity index is 264. The maximum atomic E-state index is 10.8. The smallest absolute Gasteiger partial charge is 0.265 e. The molecule has 1 N–H and O–H groups in total. The van der Waals surface area contributed by atoms with E-state index in [1.807, 2.05) is 21.1 Å². The molecule has 0 bridgehead atoms. The van der Waals surface area contributed by atoms with Crippen LogP contribution >= 0.6 is 7.82 Å². The number of phosphoric acid groups is 1. The minimum Gasteiger partial charge on any atom is -0.756 e. The van der Waals surface area contributed by atoms with Gasteiger partial charge < -0.3 is 18.8 Å². The van der Waals surface area contributed by atoms with Gasteiger partial charge in [0, 0.05) is 0 Å². The summed E-state index contributed by atoms with van der Waals surface area (Å²) in [5, 5.41) is 0. The van der Waals surface area contributed by atoms with Crippen LogP contribution in [0.4, 0.5) is 0 Å². The van der Waals surface area contributed by atoms with Crippen molar-refractivity contribution in [3.05, 3.63) is 0 Å². The molecule has 2 atom stereocenters. The van der Waals surface area contributed by atoms with Crippen molar-refractivity contribution >= 4 is 7.82 Å². The lowest BCUT2D eigenvalue weighted by Gasteiger charge is -2.34. The molecule has 1 rings (SSSR count). The first-order valence-electron chi connectivity index (χ1n) is 5.70. The van der Waals surface area contributed by atoms with Crippen molar-refractivity contribution in [2.24, 2.45) is 5.92 Å². The summed E-state index contributed by atoms with van der Waals surface area (Å²) in [5.41, 5.74) is 0. The number of hydrogen-bond donors (Lipinski definition) is 1. The van der Waals surface area contributed by atoms with E-state index in [-0.39, 0.29) is 5.92 Å². The van der Waals surface area contributed by atoms with Crippen molar-refractivity contribution in [2.45, 2.75) is 31.8 Å². The van der Waals surface area contributed by atoms with E-state index in [0.29, 0.717) is 11.0 Å². The lowest BCUT2D eigenvalue weighted by atomic mass is 10.0. The van der Waals surface area contributed by atoms with E-state index in [1.54, 1.807) is 0 Å². The number of likely N-dealkylation sites (N-methyl/N-ethyl adjacent to an activating group) is 1. The van der Waals surface area contributed by atoms with Gasteiger partial charge in [0.2, 0.25) is 0 Å². The molecule has 0 aliphatic heterocycles. The second-order valence-electron chi connectivity index (χ2n) is 5.63. The molecule has 96 valence electrons. The molecule has 6 heteroatoms. The van der Waals surface area contributed by atoms with Crippen molar-refractivity contribution in [2.75, 3.05) is 27.7 Å². The van der Waals surface area contributed by atoms with E-state index in [2.05, 4.69) is 0 Å². The zero-order valence-electron chi connectivity index (χ0n) is 10.3. The summed E-state index contributed by atoms with van der Waals surface area (Å²) >= 11 is 0. The molecule has 16 heavy (non-hydrogen) atoms. The monoisotopic (exact) mass is 251 g/mol. The van der Waals surface area contributed by atoms with Crippen LogP contribution in [0.3, 0.4) is 0 Å². The second-order valence-corrected chi connectivity index (χ2v) is 6.78. The van der Waals surface area contributed by atoms with Crippen LogP contribution in [0.25, 0.3) is 0 Å². The molecule has 0 amide bonds. The van der Waals surface area contributed by atoms with Crippen LogP contribution in [0.5, 0.6) is 0 Å². The summed E-state index contributed by atoms with van der Waals surface area (Å²) in [5.74, 6) is 0.256. The van der Waals surface area contributed by atoms with Gasteiger partial charge >= 0.3 is 0 Å². The third-order valence-electron chi connectivity index (χ3n) is 2.92. The number of hydrogen-bond acceptors (Lipinski definition) is 3. The average molecular weight is 251 g/mol. The summed E-state index contributed by atoms with van der Waals surface area (Å²) in [6, 6.07) is 0. The molecule has 1 aliphatic rings. The molecule has 1 fully saturated rings. The van der Waals surface area contributed by atoms with Crippen LogP contribution in [0.15, 0.2) is 0 Å². The van der Waals surface area contributed by atoms with Gasteiger partial charge in [-0.15, -0.1) is 0 Å². The van der Waals surface area contributed by atoms with Crippen LogP contribution in [-0.2, 0) is 9.09 Å². The van der Waals surface area contributed by atoms with Crippen molar-refractivity contribution < 1.29 is 23.4 Å². The van der Waals surface area contributed by atoms with Crippen LogP contribution in [-0.4, -0.2) is 43.2 Å². The maximum Gasteiger partial charge on any atom is 0.265 e. The van der Waals surface area contributed by atoms with Gasteiger partial charge in [0.1, 0.15) is 12.6 Å². The topological polar surface area (TPSA) is 69.6 Å². The van der Waals surface area contributed by atoms with E-state index >= 15 is 0 Å². The molecule has 2 unspecified atom stereocenters. The maximum absolute atomic E-state index is 10.8. The molecule has 0 spiro atoms. The fourth-order valence-corrected chi connectivity index (χ4v) is 2.89. The Hall–Kier alpha value is 0.0700. The van der Waals surface area contributed by atoms with Crippen molar-refractivity contribution in [1.29, 1.82) is 0 Å². The minimum absolute atomic E-state index is 0.256. The van der Waals surface area contributed by atoms with E-state index < -0.39 is 13.9 Å². The SMILES string of the molecule is C[N+](C)(C)CC(OP(=O)([O-])O)C1CCCC1. The molecule has 0 aromatic rings. The largest absolute Gasteiger partial charge is 0.756 e. The quantitative estimate of drug-likeness (QED) is 0.577. The van der Waals surface area contributed by atoms with Crippen molar-refractivity contribution in [3.63, 3.8) is 0 Å². The zero-order chi connectivity index (χ0) is 12.4. The van der Waals surface area contributed by atoms with Gasteiger partial charge in [-0.2, -0.15) is 0 Å². The summed E-state index contributed by atoms with van der Waals surface area (Å²) in [6.07, 6.45) is 3.83. The van der Waals surface area contributed by atoms with Crippen molar-refractivity contribution in [1.82, 2.24) is 0 Å². The van der Waals surface area contributed by atoms with Gasteiger partial charge in [0.15, 0.2) is 0 Å². The Labute approximate surface area is 97.2 Å². The highest BCUT2D eigenvalue weighted by Crippen LogP contribution is 2.39. The number of quaternary nitrogens is 1. The Morgan fingerprint density at radius 1 is 1.44 bits per heavy atom. The standard InChI is InChI=1S/C10H22NO4P/c1-11(2,3)8-10(15-16(12,13)14)9-6-4-5-7-9/h9-10H,4-8H2,1-3H3,(H-,12,13,14). The Morgan fingerprint density at radius 3 is 2.31 bits per heavy atom. The molecule has 0 aromatic carbocycles. The third kappa shape index (κ3) is 5.41. The van der Waals surface area contributed by atoms with E-state index in [0.717, 1.165) is 25.7 Å². The number of nitrogens with zero attached hydrogens (tertiary/aromatic N) is 1. The van der Waals surface area contributed by atoms with Crippen LogP contribution < -0.4 is 4.89 Å². The van der Waals surface area contributed by atoms with E-state index in [4.69, 9.17) is 9.42 Å². The fourth-order valence-electron chi connectivity index (χ4n) is 2.31. The third-order valence-corrected chi connectivity index (χ3v) is 3.46. The number of rotatable bonds is 5. The predicted octanol–water partition coefficient (Wildman–Crippen LogP) is 0.729. The lowest BCUT2D eigenvalue weighted by molar-refractivity contribution is -0.873.